The molecule has 1 aliphatic heterocycles. The molecule has 2 amide bonds. The number of nitrogens with zero attached hydrogens (tertiary/aromatic N) is 1. The van der Waals surface area contributed by atoms with Gasteiger partial charge in [-0.3, -0.25) is 14.5 Å². The van der Waals surface area contributed by atoms with Crippen LogP contribution in [-0.4, -0.2) is 59.7 Å². The van der Waals surface area contributed by atoms with Gasteiger partial charge in [-0.25, -0.2) is 4.79 Å². The molecule has 1 aliphatic rings. The van der Waals surface area contributed by atoms with Crippen molar-refractivity contribution in [3.05, 3.63) is 88.5 Å². The molecule has 9 heteroatoms. The van der Waals surface area contributed by atoms with Gasteiger partial charge in [-0.1, -0.05) is 30.3 Å². The first kappa shape index (κ1) is 28.4. The van der Waals surface area contributed by atoms with Crippen LogP contribution in [0, 0.1) is 6.92 Å². The predicted octanol–water partition coefficient (Wildman–Crippen LogP) is 3.49. The lowest BCUT2D eigenvalue weighted by atomic mass is 9.97. The van der Waals surface area contributed by atoms with Crippen molar-refractivity contribution < 1.29 is 29.3 Å². The largest absolute Gasteiger partial charge is 0.507 e. The minimum Gasteiger partial charge on any atom is -0.507 e. The molecule has 5 N–H and O–H groups in total. The molecule has 38 heavy (non-hydrogen) atoms. The number of hydrogen-bond donors (Lipinski definition) is 4. The molecular weight excluding hydrogens is 486 g/mol. The van der Waals surface area contributed by atoms with Crippen molar-refractivity contribution in [2.24, 2.45) is 5.73 Å². The molecule has 4 rings (SSSR count). The van der Waals surface area contributed by atoms with Gasteiger partial charge >= 0.3 is 5.97 Å². The summed E-state index contributed by atoms with van der Waals surface area (Å²) in [4.78, 5) is 34.5. The predicted molar refractivity (Wildman–Crippen MR) is 144 cm³/mol. The smallest absolute Gasteiger partial charge is 0.339 e. The van der Waals surface area contributed by atoms with E-state index in [1.807, 2.05) is 19.1 Å². The van der Waals surface area contributed by atoms with E-state index in [4.69, 9.17) is 15.6 Å². The number of amides is 2. The third-order valence-corrected chi connectivity index (χ3v) is 6.33. The van der Waals surface area contributed by atoms with E-state index in [2.05, 4.69) is 34.5 Å². The van der Waals surface area contributed by atoms with Crippen molar-refractivity contribution in [2.45, 2.75) is 26.4 Å². The number of benzene rings is 3. The molecule has 1 unspecified atom stereocenters. The zero-order valence-corrected chi connectivity index (χ0v) is 21.5. The van der Waals surface area contributed by atoms with Crippen LogP contribution >= 0.6 is 0 Å². The number of nitrogens with two attached hydrogens (primary N) is 1. The SMILES string of the molecule is CC(NC=O)c1ccc(C(=O)O)c(O)c1.Cc1cc(C(N)=O)ccc1-c1cccc(CN2CCOCC2)c1. The van der Waals surface area contributed by atoms with Crippen molar-refractivity contribution in [2.75, 3.05) is 26.3 Å². The topological polar surface area (TPSA) is 142 Å². The highest BCUT2D eigenvalue weighted by atomic mass is 16.5. The van der Waals surface area contributed by atoms with Gasteiger partial charge in [-0.15, -0.1) is 0 Å². The molecule has 0 bridgehead atoms. The summed E-state index contributed by atoms with van der Waals surface area (Å²) in [5.74, 6) is -1.88. The number of nitrogens with one attached hydrogen (secondary N) is 1. The highest BCUT2D eigenvalue weighted by molar-refractivity contribution is 5.93. The van der Waals surface area contributed by atoms with E-state index in [1.54, 1.807) is 19.1 Å². The lowest BCUT2D eigenvalue weighted by molar-refractivity contribution is -0.110. The molecule has 0 saturated carbocycles. The number of carbonyl (C=O) groups excluding carboxylic acids is 2. The first-order chi connectivity index (χ1) is 18.2. The number of carbonyl (C=O) groups is 3. The van der Waals surface area contributed by atoms with Gasteiger partial charge < -0.3 is 26.0 Å². The molecule has 9 nitrogen and oxygen atoms in total. The Morgan fingerprint density at radius 1 is 1.11 bits per heavy atom. The maximum absolute atomic E-state index is 11.3. The normalized spacial score (nSPS) is 14.1. The minimum atomic E-state index is -1.19. The third kappa shape index (κ3) is 7.64. The number of rotatable bonds is 8. The van der Waals surface area contributed by atoms with Crippen LogP contribution in [0.1, 0.15) is 50.4 Å². The highest BCUT2D eigenvalue weighted by Gasteiger charge is 2.13. The number of aromatic hydroxyl groups is 1. The van der Waals surface area contributed by atoms with Crippen molar-refractivity contribution >= 4 is 18.3 Å². The molecular formula is C29H33N3O6. The Kier molecular flexibility index (Phi) is 9.98. The molecule has 0 radical (unpaired) electrons. The Morgan fingerprint density at radius 3 is 2.45 bits per heavy atom. The number of carboxylic acids is 1. The number of aromatic carboxylic acids is 1. The Labute approximate surface area is 221 Å². The van der Waals surface area contributed by atoms with Gasteiger partial charge in [0.05, 0.1) is 19.3 Å². The van der Waals surface area contributed by atoms with Gasteiger partial charge in [0.1, 0.15) is 11.3 Å². The van der Waals surface area contributed by atoms with Crippen LogP contribution in [0.3, 0.4) is 0 Å². The number of hydrogen-bond acceptors (Lipinski definition) is 6. The summed E-state index contributed by atoms with van der Waals surface area (Å²) >= 11 is 0. The summed E-state index contributed by atoms with van der Waals surface area (Å²) in [5, 5.41) is 20.5. The summed E-state index contributed by atoms with van der Waals surface area (Å²) in [6.07, 6.45) is 0.548. The van der Waals surface area contributed by atoms with Crippen molar-refractivity contribution in [3.8, 4) is 16.9 Å². The average molecular weight is 520 g/mol. The third-order valence-electron chi connectivity index (χ3n) is 6.33. The molecule has 3 aromatic rings. The second-order valence-corrected chi connectivity index (χ2v) is 9.07. The molecule has 0 aromatic heterocycles. The fourth-order valence-corrected chi connectivity index (χ4v) is 4.19. The fourth-order valence-electron chi connectivity index (χ4n) is 4.19. The van der Waals surface area contributed by atoms with E-state index < -0.39 is 5.97 Å². The van der Waals surface area contributed by atoms with E-state index in [9.17, 15) is 19.5 Å². The monoisotopic (exact) mass is 519 g/mol. The molecule has 200 valence electrons. The maximum atomic E-state index is 11.3. The first-order valence-corrected chi connectivity index (χ1v) is 12.3. The maximum Gasteiger partial charge on any atom is 0.339 e. The van der Waals surface area contributed by atoms with Gasteiger partial charge in [-0.05, 0) is 72.0 Å². The lowest BCUT2D eigenvalue weighted by Crippen LogP contribution is -2.35. The van der Waals surface area contributed by atoms with Crippen LogP contribution in [-0.2, 0) is 16.1 Å². The molecule has 1 heterocycles. The van der Waals surface area contributed by atoms with Crippen LogP contribution < -0.4 is 11.1 Å². The molecule has 1 saturated heterocycles. The average Bonchev–Trinajstić information content (AvgIpc) is 2.89. The number of aryl methyl sites for hydroxylation is 1. The standard InChI is InChI=1S/C19H22N2O2.C10H11NO4/c1-14-11-17(19(20)22)5-6-18(14)16-4-2-3-15(12-16)13-21-7-9-23-10-8-21;1-6(11-5-12)7-2-3-8(10(14)15)9(13)4-7/h2-6,11-12H,7-10,13H2,1H3,(H2,20,22);2-6,13H,1H3,(H,11,12)(H,14,15). The number of primary amides is 1. The minimum absolute atomic E-state index is 0.156. The summed E-state index contributed by atoms with van der Waals surface area (Å²) in [5.41, 5.74) is 11.0. The van der Waals surface area contributed by atoms with Gasteiger partial charge in [-0.2, -0.15) is 0 Å². The lowest BCUT2D eigenvalue weighted by Gasteiger charge is -2.26. The summed E-state index contributed by atoms with van der Waals surface area (Å²) in [7, 11) is 0. The highest BCUT2D eigenvalue weighted by Crippen LogP contribution is 2.26. The Hall–Kier alpha value is -4.21. The zero-order chi connectivity index (χ0) is 27.7. The van der Waals surface area contributed by atoms with Crippen molar-refractivity contribution in [1.29, 1.82) is 0 Å². The quantitative estimate of drug-likeness (QED) is 0.334. The Morgan fingerprint density at radius 2 is 1.84 bits per heavy atom. The van der Waals surface area contributed by atoms with Crippen molar-refractivity contribution in [1.82, 2.24) is 10.2 Å². The van der Waals surface area contributed by atoms with Crippen LogP contribution in [0.4, 0.5) is 0 Å². The van der Waals surface area contributed by atoms with Gasteiger partial charge in [0.2, 0.25) is 12.3 Å². The van der Waals surface area contributed by atoms with E-state index >= 15 is 0 Å². The number of phenols is 1. The number of morpholine rings is 1. The summed E-state index contributed by atoms with van der Waals surface area (Å²) in [6, 6.07) is 18.1. The van der Waals surface area contributed by atoms with Crippen LogP contribution in [0.5, 0.6) is 5.75 Å². The molecule has 3 aromatic carbocycles. The zero-order valence-electron chi connectivity index (χ0n) is 21.5. The number of carboxylic acid groups (broad SMARTS) is 1. The number of ether oxygens (including phenoxy) is 1. The molecule has 0 aliphatic carbocycles. The van der Waals surface area contributed by atoms with Crippen molar-refractivity contribution in [3.63, 3.8) is 0 Å². The van der Waals surface area contributed by atoms with Crippen LogP contribution in [0.25, 0.3) is 11.1 Å². The Bertz CT molecular complexity index is 1290. The molecule has 1 atom stereocenters. The summed E-state index contributed by atoms with van der Waals surface area (Å²) in [6.45, 7) is 8.27. The Balaban J connectivity index is 0.000000232. The van der Waals surface area contributed by atoms with Gasteiger partial charge in [0.25, 0.3) is 0 Å². The fraction of sp³-hybridized carbons (Fsp3) is 0.276. The van der Waals surface area contributed by atoms with E-state index in [-0.39, 0.29) is 23.3 Å². The first-order valence-electron chi connectivity index (χ1n) is 12.3. The van der Waals surface area contributed by atoms with E-state index in [1.165, 1.54) is 23.3 Å². The summed E-state index contributed by atoms with van der Waals surface area (Å²) < 4.78 is 5.40. The molecule has 0 spiro atoms. The van der Waals surface area contributed by atoms with Gasteiger partial charge in [0, 0.05) is 25.2 Å². The second kappa shape index (κ2) is 13.4. The van der Waals surface area contributed by atoms with Crippen LogP contribution in [0.2, 0.25) is 0 Å². The van der Waals surface area contributed by atoms with E-state index in [0.717, 1.165) is 44.0 Å². The van der Waals surface area contributed by atoms with Crippen LogP contribution in [0.15, 0.2) is 60.7 Å². The van der Waals surface area contributed by atoms with E-state index in [0.29, 0.717) is 17.5 Å². The van der Waals surface area contributed by atoms with Gasteiger partial charge in [0.15, 0.2) is 0 Å². The molecule has 1 fully saturated rings. The second-order valence-electron chi connectivity index (χ2n) is 9.07.